The number of carboxylic acid groups (broad SMARTS) is 1. The molecule has 21 heavy (non-hydrogen) atoms. The fraction of sp³-hybridized carbons (Fsp3) is 0.438. The Morgan fingerprint density at radius 2 is 1.86 bits per heavy atom. The van der Waals surface area contributed by atoms with Gasteiger partial charge in [-0.3, -0.25) is 0 Å². The van der Waals surface area contributed by atoms with Gasteiger partial charge in [-0.1, -0.05) is 43.7 Å². The summed E-state index contributed by atoms with van der Waals surface area (Å²) in [5.41, 5.74) is 2.03. The van der Waals surface area contributed by atoms with Gasteiger partial charge in [0.2, 0.25) is 0 Å². The Balaban J connectivity index is 2.41. The highest BCUT2D eigenvalue weighted by atomic mass is 16.8. The van der Waals surface area contributed by atoms with E-state index >= 15 is 0 Å². The second-order valence-corrected chi connectivity index (χ2v) is 4.98. The third kappa shape index (κ3) is 3.91. The minimum atomic E-state index is -1.26. The summed E-state index contributed by atoms with van der Waals surface area (Å²) < 4.78 is 10.0. The third-order valence-corrected chi connectivity index (χ3v) is 3.47. The number of allylic oxidation sites excluding steroid dienone is 1. The van der Waals surface area contributed by atoms with Crippen LogP contribution in [0.1, 0.15) is 25.3 Å². The first kappa shape index (κ1) is 15.7. The summed E-state index contributed by atoms with van der Waals surface area (Å²) in [6.45, 7) is 1.04. The van der Waals surface area contributed by atoms with E-state index in [2.05, 4.69) is 0 Å². The molecule has 1 saturated heterocycles. The molecule has 1 aromatic carbocycles. The second kappa shape index (κ2) is 7.36. The van der Waals surface area contributed by atoms with E-state index in [0.29, 0.717) is 12.0 Å². The maximum atomic E-state index is 11.7. The van der Waals surface area contributed by atoms with Gasteiger partial charge >= 0.3 is 5.97 Å². The van der Waals surface area contributed by atoms with Crippen molar-refractivity contribution >= 4 is 11.5 Å². The first-order valence-corrected chi connectivity index (χ1v) is 7.06. The number of aliphatic hydroxyl groups excluding tert-OH is 1. The number of carbonyl (C=O) groups is 1. The first-order chi connectivity index (χ1) is 10.1. The van der Waals surface area contributed by atoms with E-state index in [-0.39, 0.29) is 19.1 Å². The van der Waals surface area contributed by atoms with Gasteiger partial charge < -0.3 is 19.7 Å². The van der Waals surface area contributed by atoms with Gasteiger partial charge in [0.1, 0.15) is 0 Å². The van der Waals surface area contributed by atoms with Crippen molar-refractivity contribution in [3.63, 3.8) is 0 Å². The standard InChI is InChI=1S/C16H20O5/c1-2-6-13(11-7-4-3-5-8-11)14(15(17)18)12-9-20-16(19)21-10-12/h3-5,7-8,12,16,19H,2,6,9-10H2,1H3,(H,17,18). The van der Waals surface area contributed by atoms with Crippen molar-refractivity contribution < 1.29 is 24.5 Å². The molecule has 5 nitrogen and oxygen atoms in total. The summed E-state index contributed by atoms with van der Waals surface area (Å²) in [5, 5.41) is 18.8. The Morgan fingerprint density at radius 1 is 1.24 bits per heavy atom. The van der Waals surface area contributed by atoms with Crippen LogP contribution in [0.25, 0.3) is 5.57 Å². The molecule has 0 spiro atoms. The number of aliphatic carboxylic acids is 1. The molecule has 0 unspecified atom stereocenters. The fourth-order valence-corrected chi connectivity index (χ4v) is 2.53. The molecule has 1 aromatic rings. The molecule has 2 N–H and O–H groups in total. The summed E-state index contributed by atoms with van der Waals surface area (Å²) in [5.74, 6) is -1.34. The van der Waals surface area contributed by atoms with Gasteiger partial charge in [-0.05, 0) is 17.6 Å². The van der Waals surface area contributed by atoms with E-state index in [9.17, 15) is 15.0 Å². The molecular weight excluding hydrogens is 272 g/mol. The van der Waals surface area contributed by atoms with E-state index in [1.165, 1.54) is 0 Å². The van der Waals surface area contributed by atoms with Crippen LogP contribution in [0.2, 0.25) is 0 Å². The van der Waals surface area contributed by atoms with Gasteiger partial charge in [0, 0.05) is 11.5 Å². The van der Waals surface area contributed by atoms with Crippen LogP contribution in [0.5, 0.6) is 0 Å². The van der Waals surface area contributed by atoms with Crippen molar-refractivity contribution in [3.05, 3.63) is 41.5 Å². The Kier molecular flexibility index (Phi) is 5.50. The zero-order valence-corrected chi connectivity index (χ0v) is 12.0. The lowest BCUT2D eigenvalue weighted by molar-refractivity contribution is -0.297. The van der Waals surface area contributed by atoms with Crippen LogP contribution >= 0.6 is 0 Å². The zero-order chi connectivity index (χ0) is 15.2. The van der Waals surface area contributed by atoms with Crippen molar-refractivity contribution in [1.82, 2.24) is 0 Å². The van der Waals surface area contributed by atoms with Crippen LogP contribution in [0, 0.1) is 5.92 Å². The number of rotatable bonds is 5. The summed E-state index contributed by atoms with van der Waals surface area (Å²) >= 11 is 0. The molecule has 5 heteroatoms. The quantitative estimate of drug-likeness (QED) is 0.814. The van der Waals surface area contributed by atoms with Crippen LogP contribution < -0.4 is 0 Å². The maximum absolute atomic E-state index is 11.7. The predicted octanol–water partition coefficient (Wildman–Crippen LogP) is 2.26. The Morgan fingerprint density at radius 3 is 2.38 bits per heavy atom. The molecular formula is C16H20O5. The average molecular weight is 292 g/mol. The molecule has 0 atom stereocenters. The molecule has 2 rings (SSSR count). The topological polar surface area (TPSA) is 76.0 Å². The smallest absolute Gasteiger partial charge is 0.332 e. The van der Waals surface area contributed by atoms with E-state index < -0.39 is 12.4 Å². The molecule has 114 valence electrons. The Labute approximate surface area is 123 Å². The van der Waals surface area contributed by atoms with Crippen molar-refractivity contribution in [1.29, 1.82) is 0 Å². The van der Waals surface area contributed by atoms with Crippen molar-refractivity contribution in [2.45, 2.75) is 26.2 Å². The normalized spacial score (nSPS) is 23.5. The van der Waals surface area contributed by atoms with Crippen LogP contribution in [-0.2, 0) is 14.3 Å². The van der Waals surface area contributed by atoms with Gasteiger partial charge in [0.25, 0.3) is 6.48 Å². The number of carboxylic acids is 1. The fourth-order valence-electron chi connectivity index (χ4n) is 2.53. The molecule has 1 heterocycles. The van der Waals surface area contributed by atoms with Crippen molar-refractivity contribution in [2.75, 3.05) is 13.2 Å². The largest absolute Gasteiger partial charge is 0.478 e. The van der Waals surface area contributed by atoms with E-state index in [1.807, 2.05) is 37.3 Å². The third-order valence-electron chi connectivity index (χ3n) is 3.47. The van der Waals surface area contributed by atoms with E-state index in [0.717, 1.165) is 17.6 Å². The molecule has 1 fully saturated rings. The number of aliphatic hydroxyl groups is 1. The summed E-state index contributed by atoms with van der Waals surface area (Å²) in [6.07, 6.45) is 1.52. The van der Waals surface area contributed by atoms with Gasteiger partial charge in [-0.2, -0.15) is 0 Å². The van der Waals surface area contributed by atoms with Crippen molar-refractivity contribution in [3.8, 4) is 0 Å². The minimum absolute atomic E-state index is 0.142. The van der Waals surface area contributed by atoms with E-state index in [1.54, 1.807) is 0 Å². The lowest BCUT2D eigenvalue weighted by atomic mass is 9.88. The van der Waals surface area contributed by atoms with Crippen molar-refractivity contribution in [2.24, 2.45) is 5.92 Å². The highest BCUT2D eigenvalue weighted by Gasteiger charge is 2.30. The molecule has 0 aromatic heterocycles. The molecule has 1 aliphatic heterocycles. The van der Waals surface area contributed by atoms with Crippen LogP contribution in [-0.4, -0.2) is 35.9 Å². The van der Waals surface area contributed by atoms with E-state index in [4.69, 9.17) is 9.47 Å². The SMILES string of the molecule is CCCC(=C(C(=O)O)C1COC(O)OC1)c1ccccc1. The Bertz CT molecular complexity index is 501. The van der Waals surface area contributed by atoms with Crippen LogP contribution in [0.3, 0.4) is 0 Å². The number of hydrogen-bond acceptors (Lipinski definition) is 4. The monoisotopic (exact) mass is 292 g/mol. The Hall–Kier alpha value is -1.69. The molecule has 0 saturated carbocycles. The summed E-state index contributed by atoms with van der Waals surface area (Å²) in [6, 6.07) is 9.50. The molecule has 0 amide bonds. The minimum Gasteiger partial charge on any atom is -0.478 e. The zero-order valence-electron chi connectivity index (χ0n) is 12.0. The number of hydrogen-bond donors (Lipinski definition) is 2. The number of ether oxygens (including phenoxy) is 2. The van der Waals surface area contributed by atoms with Crippen LogP contribution in [0.15, 0.2) is 35.9 Å². The predicted molar refractivity (Wildman–Crippen MR) is 77.3 cm³/mol. The highest BCUT2D eigenvalue weighted by Crippen LogP contribution is 2.30. The van der Waals surface area contributed by atoms with Crippen LogP contribution in [0.4, 0.5) is 0 Å². The van der Waals surface area contributed by atoms with Gasteiger partial charge in [-0.25, -0.2) is 4.79 Å². The maximum Gasteiger partial charge on any atom is 0.332 e. The summed E-state index contributed by atoms with van der Waals surface area (Å²) in [7, 11) is 0. The average Bonchev–Trinajstić information content (AvgIpc) is 2.49. The summed E-state index contributed by atoms with van der Waals surface area (Å²) in [4.78, 5) is 11.7. The first-order valence-electron chi connectivity index (χ1n) is 7.06. The molecule has 0 radical (unpaired) electrons. The van der Waals surface area contributed by atoms with Gasteiger partial charge in [0.15, 0.2) is 0 Å². The number of benzene rings is 1. The highest BCUT2D eigenvalue weighted by molar-refractivity contribution is 5.97. The molecule has 0 aliphatic carbocycles. The lowest BCUT2D eigenvalue weighted by Crippen LogP contribution is -2.35. The van der Waals surface area contributed by atoms with Gasteiger partial charge in [0.05, 0.1) is 13.2 Å². The van der Waals surface area contributed by atoms with Gasteiger partial charge in [-0.15, -0.1) is 0 Å². The molecule has 1 aliphatic rings. The molecule has 0 bridgehead atoms. The second-order valence-electron chi connectivity index (χ2n) is 4.98. The lowest BCUT2D eigenvalue weighted by Gasteiger charge is -2.28.